The fourth-order valence-electron chi connectivity index (χ4n) is 1.33. The number of carbonyl (C=O) groups excluding carboxylic acids is 1. The molecule has 0 atom stereocenters. The average Bonchev–Trinajstić information content (AvgIpc) is 2.16. The second-order valence-electron chi connectivity index (χ2n) is 3.61. The number of benzene rings is 1. The van der Waals surface area contributed by atoms with Crippen LogP contribution >= 0.6 is 11.6 Å². The Kier molecular flexibility index (Phi) is 4.15. The van der Waals surface area contributed by atoms with Crippen LogP contribution in [0.3, 0.4) is 0 Å². The van der Waals surface area contributed by atoms with E-state index in [1.165, 1.54) is 0 Å². The van der Waals surface area contributed by atoms with Gasteiger partial charge in [-0.1, -0.05) is 18.5 Å². The van der Waals surface area contributed by atoms with Gasteiger partial charge in [-0.25, -0.2) is 4.79 Å². The van der Waals surface area contributed by atoms with E-state index < -0.39 is 0 Å². The van der Waals surface area contributed by atoms with Crippen LogP contribution in [-0.4, -0.2) is 12.1 Å². The van der Waals surface area contributed by atoms with Crippen LogP contribution in [0.5, 0.6) is 0 Å². The highest BCUT2D eigenvalue weighted by molar-refractivity contribution is 6.30. The summed E-state index contributed by atoms with van der Waals surface area (Å²) in [5, 5.41) is 0.646. The number of hydrogen-bond acceptors (Lipinski definition) is 2. The van der Waals surface area contributed by atoms with Crippen LogP contribution in [0.25, 0.3) is 0 Å². The molecule has 0 aliphatic carbocycles. The molecule has 2 nitrogen and oxygen atoms in total. The lowest BCUT2D eigenvalue weighted by atomic mass is 10.1. The monoisotopic (exact) mass is 226 g/mol. The molecule has 1 aromatic rings. The van der Waals surface area contributed by atoms with Crippen molar-refractivity contribution in [2.24, 2.45) is 0 Å². The van der Waals surface area contributed by atoms with Gasteiger partial charge < -0.3 is 4.74 Å². The molecule has 15 heavy (non-hydrogen) atoms. The Morgan fingerprint density at radius 3 is 2.67 bits per heavy atom. The van der Waals surface area contributed by atoms with Crippen molar-refractivity contribution < 1.29 is 9.53 Å². The highest BCUT2D eigenvalue weighted by Crippen LogP contribution is 2.18. The standard InChI is InChI=1S/C12H15ClO2/c1-4-9-7-10(13)5-6-11(9)12(14)15-8(2)3/h5-8H,4H2,1-3H3. The molecule has 0 saturated heterocycles. The minimum absolute atomic E-state index is 0.0992. The summed E-state index contributed by atoms with van der Waals surface area (Å²) in [5.41, 5.74) is 1.53. The van der Waals surface area contributed by atoms with E-state index in [4.69, 9.17) is 16.3 Å². The molecule has 0 fully saturated rings. The molecule has 0 heterocycles. The first-order chi connectivity index (χ1) is 7.04. The fourth-order valence-corrected chi connectivity index (χ4v) is 1.53. The number of halogens is 1. The maximum atomic E-state index is 11.7. The van der Waals surface area contributed by atoms with Gasteiger partial charge in [-0.05, 0) is 44.0 Å². The molecule has 3 heteroatoms. The third-order valence-electron chi connectivity index (χ3n) is 2.01. The van der Waals surface area contributed by atoms with Gasteiger partial charge in [-0.2, -0.15) is 0 Å². The van der Waals surface area contributed by atoms with Gasteiger partial charge in [-0.15, -0.1) is 0 Å². The molecule has 0 spiro atoms. The molecular formula is C12H15ClO2. The normalized spacial score (nSPS) is 10.5. The van der Waals surface area contributed by atoms with Crippen LogP contribution in [0.15, 0.2) is 18.2 Å². The number of rotatable bonds is 3. The number of aryl methyl sites for hydroxylation is 1. The van der Waals surface area contributed by atoms with E-state index in [1.807, 2.05) is 20.8 Å². The summed E-state index contributed by atoms with van der Waals surface area (Å²) in [6, 6.07) is 5.22. The maximum Gasteiger partial charge on any atom is 0.338 e. The molecule has 0 bridgehead atoms. The second-order valence-corrected chi connectivity index (χ2v) is 4.05. The first kappa shape index (κ1) is 12.1. The molecule has 0 radical (unpaired) electrons. The lowest BCUT2D eigenvalue weighted by molar-refractivity contribution is 0.0376. The summed E-state index contributed by atoms with van der Waals surface area (Å²) in [6.07, 6.45) is 0.668. The molecule has 0 aliphatic rings. The van der Waals surface area contributed by atoms with Crippen molar-refractivity contribution in [3.05, 3.63) is 34.3 Å². The zero-order valence-electron chi connectivity index (χ0n) is 9.21. The first-order valence-corrected chi connectivity index (χ1v) is 5.41. The summed E-state index contributed by atoms with van der Waals surface area (Å²) in [4.78, 5) is 11.7. The van der Waals surface area contributed by atoms with Crippen LogP contribution in [0.4, 0.5) is 0 Å². The number of hydrogen-bond donors (Lipinski definition) is 0. The molecule has 0 saturated carbocycles. The number of esters is 1. The van der Waals surface area contributed by atoms with Crippen LogP contribution in [0, 0.1) is 0 Å². The van der Waals surface area contributed by atoms with E-state index in [0.29, 0.717) is 10.6 Å². The van der Waals surface area contributed by atoms with Crippen molar-refractivity contribution in [3.8, 4) is 0 Å². The Labute approximate surface area is 95.2 Å². The molecule has 1 rings (SSSR count). The van der Waals surface area contributed by atoms with Gasteiger partial charge in [0.25, 0.3) is 0 Å². The van der Waals surface area contributed by atoms with Crippen molar-refractivity contribution in [2.45, 2.75) is 33.3 Å². The number of ether oxygens (including phenoxy) is 1. The lowest BCUT2D eigenvalue weighted by Crippen LogP contribution is -2.13. The topological polar surface area (TPSA) is 26.3 Å². The first-order valence-electron chi connectivity index (χ1n) is 5.04. The van der Waals surface area contributed by atoms with Crippen molar-refractivity contribution in [1.82, 2.24) is 0 Å². The van der Waals surface area contributed by atoms with E-state index in [-0.39, 0.29) is 12.1 Å². The Balaban J connectivity index is 2.97. The average molecular weight is 227 g/mol. The Morgan fingerprint density at radius 1 is 1.47 bits per heavy atom. The highest BCUT2D eigenvalue weighted by atomic mass is 35.5. The van der Waals surface area contributed by atoms with Crippen LogP contribution in [0.2, 0.25) is 5.02 Å². The molecular weight excluding hydrogens is 212 g/mol. The van der Waals surface area contributed by atoms with Crippen molar-refractivity contribution in [1.29, 1.82) is 0 Å². The van der Waals surface area contributed by atoms with Crippen molar-refractivity contribution in [3.63, 3.8) is 0 Å². The predicted octanol–water partition coefficient (Wildman–Crippen LogP) is 3.47. The third-order valence-corrected chi connectivity index (χ3v) is 2.25. The van der Waals surface area contributed by atoms with E-state index in [2.05, 4.69) is 0 Å². The second kappa shape index (κ2) is 5.17. The van der Waals surface area contributed by atoms with Gasteiger partial charge in [0.2, 0.25) is 0 Å². The Hall–Kier alpha value is -1.02. The van der Waals surface area contributed by atoms with Gasteiger partial charge in [0, 0.05) is 5.02 Å². The minimum Gasteiger partial charge on any atom is -0.459 e. The smallest absolute Gasteiger partial charge is 0.338 e. The summed E-state index contributed by atoms with van der Waals surface area (Å²) in [6.45, 7) is 5.65. The predicted molar refractivity (Wildman–Crippen MR) is 61.4 cm³/mol. The molecule has 82 valence electrons. The van der Waals surface area contributed by atoms with Gasteiger partial charge in [0.1, 0.15) is 0 Å². The summed E-state index contributed by atoms with van der Waals surface area (Å²) in [7, 11) is 0. The molecule has 0 aromatic heterocycles. The number of carbonyl (C=O) groups is 1. The lowest BCUT2D eigenvalue weighted by Gasteiger charge is -2.10. The van der Waals surface area contributed by atoms with Gasteiger partial charge in [0.15, 0.2) is 0 Å². The van der Waals surface area contributed by atoms with Crippen LogP contribution in [-0.2, 0) is 11.2 Å². The van der Waals surface area contributed by atoms with Gasteiger partial charge in [-0.3, -0.25) is 0 Å². The quantitative estimate of drug-likeness (QED) is 0.738. The molecule has 0 unspecified atom stereocenters. The van der Waals surface area contributed by atoms with Gasteiger partial charge >= 0.3 is 5.97 Å². The SMILES string of the molecule is CCc1cc(Cl)ccc1C(=O)OC(C)C. The molecule has 0 amide bonds. The fraction of sp³-hybridized carbons (Fsp3) is 0.417. The molecule has 0 N–H and O–H groups in total. The molecule has 0 aliphatic heterocycles. The maximum absolute atomic E-state index is 11.7. The summed E-state index contributed by atoms with van der Waals surface area (Å²) >= 11 is 5.85. The van der Waals surface area contributed by atoms with E-state index >= 15 is 0 Å². The van der Waals surface area contributed by atoms with E-state index in [1.54, 1.807) is 18.2 Å². The highest BCUT2D eigenvalue weighted by Gasteiger charge is 2.13. The summed E-state index contributed by atoms with van der Waals surface area (Å²) in [5.74, 6) is -0.279. The van der Waals surface area contributed by atoms with Crippen LogP contribution < -0.4 is 0 Å². The largest absolute Gasteiger partial charge is 0.459 e. The third kappa shape index (κ3) is 3.24. The minimum atomic E-state index is -0.279. The van der Waals surface area contributed by atoms with Crippen LogP contribution in [0.1, 0.15) is 36.7 Å². The summed E-state index contributed by atoms with van der Waals surface area (Å²) < 4.78 is 5.14. The van der Waals surface area contributed by atoms with Crippen molar-refractivity contribution in [2.75, 3.05) is 0 Å². The molecule has 1 aromatic carbocycles. The zero-order chi connectivity index (χ0) is 11.4. The van der Waals surface area contributed by atoms with Crippen molar-refractivity contribution >= 4 is 17.6 Å². The van der Waals surface area contributed by atoms with Gasteiger partial charge in [0.05, 0.1) is 11.7 Å². The van der Waals surface area contributed by atoms with E-state index in [9.17, 15) is 4.79 Å². The Morgan fingerprint density at radius 2 is 2.13 bits per heavy atom. The zero-order valence-corrected chi connectivity index (χ0v) is 9.97. The Bertz CT molecular complexity index is 359. The van der Waals surface area contributed by atoms with E-state index in [0.717, 1.165) is 12.0 Å².